The maximum Gasteiger partial charge on any atom is 0.251 e. The van der Waals surface area contributed by atoms with Crippen LogP contribution in [0.1, 0.15) is 48.7 Å². The SMILES string of the molecule is CC(C)C(NC(=O)c1ccc(S(=O)(=O)CCCC#N)cc1)c1ccccc1Cl. The molecule has 0 spiro atoms. The van der Waals surface area contributed by atoms with Crippen molar-refractivity contribution in [2.24, 2.45) is 5.92 Å². The molecule has 0 saturated carbocycles. The predicted molar refractivity (Wildman–Crippen MR) is 110 cm³/mol. The number of unbranched alkanes of at least 4 members (excludes halogenated alkanes) is 1. The van der Waals surface area contributed by atoms with E-state index in [0.717, 1.165) is 5.56 Å². The summed E-state index contributed by atoms with van der Waals surface area (Å²) in [7, 11) is -3.46. The Morgan fingerprint density at radius 3 is 2.36 bits per heavy atom. The zero-order valence-electron chi connectivity index (χ0n) is 15.9. The van der Waals surface area contributed by atoms with Crippen LogP contribution in [-0.2, 0) is 9.84 Å². The first-order valence-electron chi connectivity index (χ1n) is 9.01. The number of carbonyl (C=O) groups is 1. The summed E-state index contributed by atoms with van der Waals surface area (Å²) in [5, 5.41) is 12.1. The lowest BCUT2D eigenvalue weighted by Crippen LogP contribution is -2.32. The molecule has 0 aromatic heterocycles. The third-order valence-corrected chi connectivity index (χ3v) is 6.53. The van der Waals surface area contributed by atoms with Crippen LogP contribution in [0.3, 0.4) is 0 Å². The molecule has 0 aliphatic heterocycles. The van der Waals surface area contributed by atoms with Gasteiger partial charge in [-0.05, 0) is 48.2 Å². The Morgan fingerprint density at radius 1 is 1.14 bits per heavy atom. The Balaban J connectivity index is 2.16. The van der Waals surface area contributed by atoms with Crippen molar-refractivity contribution in [3.05, 3.63) is 64.7 Å². The van der Waals surface area contributed by atoms with E-state index in [9.17, 15) is 13.2 Å². The van der Waals surface area contributed by atoms with Crippen LogP contribution >= 0.6 is 11.6 Å². The first-order valence-corrected chi connectivity index (χ1v) is 11.0. The van der Waals surface area contributed by atoms with Crippen LogP contribution < -0.4 is 5.32 Å². The number of benzene rings is 2. The highest BCUT2D eigenvalue weighted by atomic mass is 35.5. The van der Waals surface area contributed by atoms with Gasteiger partial charge in [0.1, 0.15) is 0 Å². The van der Waals surface area contributed by atoms with Gasteiger partial charge in [0.2, 0.25) is 0 Å². The molecule has 0 aliphatic carbocycles. The van der Waals surface area contributed by atoms with Crippen molar-refractivity contribution < 1.29 is 13.2 Å². The van der Waals surface area contributed by atoms with Gasteiger partial charge in [-0.15, -0.1) is 0 Å². The van der Waals surface area contributed by atoms with E-state index in [4.69, 9.17) is 16.9 Å². The highest BCUT2D eigenvalue weighted by Gasteiger charge is 2.22. The van der Waals surface area contributed by atoms with Gasteiger partial charge in [-0.2, -0.15) is 5.26 Å². The van der Waals surface area contributed by atoms with Gasteiger partial charge in [0.05, 0.1) is 22.8 Å². The fourth-order valence-corrected chi connectivity index (χ4v) is 4.39. The minimum absolute atomic E-state index is 0.0893. The van der Waals surface area contributed by atoms with E-state index in [0.29, 0.717) is 10.6 Å². The fraction of sp³-hybridized carbons (Fsp3) is 0.333. The second-order valence-electron chi connectivity index (χ2n) is 6.82. The van der Waals surface area contributed by atoms with E-state index in [2.05, 4.69) is 5.32 Å². The summed E-state index contributed by atoms with van der Waals surface area (Å²) in [6.45, 7) is 3.98. The maximum absolute atomic E-state index is 12.7. The number of hydrogen-bond donors (Lipinski definition) is 1. The van der Waals surface area contributed by atoms with Gasteiger partial charge in [0.25, 0.3) is 5.91 Å². The molecular weight excluding hydrogens is 396 g/mol. The number of rotatable bonds is 8. The second-order valence-corrected chi connectivity index (χ2v) is 9.34. The monoisotopic (exact) mass is 418 g/mol. The molecule has 2 rings (SSSR count). The number of nitrogens with one attached hydrogen (secondary N) is 1. The van der Waals surface area contributed by atoms with Crippen molar-refractivity contribution in [2.45, 2.75) is 37.6 Å². The first-order chi connectivity index (χ1) is 13.3. The maximum atomic E-state index is 12.7. The van der Waals surface area contributed by atoms with Crippen molar-refractivity contribution >= 4 is 27.3 Å². The van der Waals surface area contributed by atoms with Crippen LogP contribution in [0.25, 0.3) is 0 Å². The van der Waals surface area contributed by atoms with Crippen molar-refractivity contribution in [1.82, 2.24) is 5.32 Å². The predicted octanol–water partition coefficient (Wildman–Crippen LogP) is 4.54. The third-order valence-electron chi connectivity index (χ3n) is 4.37. The molecule has 0 aliphatic rings. The van der Waals surface area contributed by atoms with Gasteiger partial charge < -0.3 is 5.32 Å². The lowest BCUT2D eigenvalue weighted by molar-refractivity contribution is 0.0925. The molecule has 28 heavy (non-hydrogen) atoms. The minimum Gasteiger partial charge on any atom is -0.345 e. The Morgan fingerprint density at radius 2 is 1.79 bits per heavy atom. The highest BCUT2D eigenvalue weighted by Crippen LogP contribution is 2.28. The van der Waals surface area contributed by atoms with Crippen LogP contribution in [-0.4, -0.2) is 20.1 Å². The Labute approximate surface area is 171 Å². The molecule has 0 bridgehead atoms. The van der Waals surface area contributed by atoms with Gasteiger partial charge in [-0.1, -0.05) is 43.6 Å². The third kappa shape index (κ3) is 5.57. The van der Waals surface area contributed by atoms with Crippen LogP contribution in [0.4, 0.5) is 0 Å². The van der Waals surface area contributed by atoms with Crippen LogP contribution in [0.15, 0.2) is 53.4 Å². The summed E-state index contributed by atoms with van der Waals surface area (Å²) in [5.74, 6) is -0.274. The summed E-state index contributed by atoms with van der Waals surface area (Å²) >= 11 is 6.28. The largest absolute Gasteiger partial charge is 0.345 e. The molecule has 1 atom stereocenters. The molecule has 5 nitrogen and oxygen atoms in total. The summed E-state index contributed by atoms with van der Waals surface area (Å²) < 4.78 is 24.5. The van der Waals surface area contributed by atoms with Crippen molar-refractivity contribution in [1.29, 1.82) is 5.26 Å². The van der Waals surface area contributed by atoms with E-state index < -0.39 is 9.84 Å². The average Bonchev–Trinajstić information content (AvgIpc) is 2.66. The smallest absolute Gasteiger partial charge is 0.251 e. The highest BCUT2D eigenvalue weighted by molar-refractivity contribution is 7.91. The fourth-order valence-electron chi connectivity index (χ4n) is 2.83. The standard InChI is InChI=1S/C21H23ClN2O3S/c1-15(2)20(18-7-3-4-8-19(18)22)24-21(25)16-9-11-17(12-10-16)28(26,27)14-6-5-13-23/h3-4,7-12,15,20H,5-6,14H2,1-2H3,(H,24,25). The summed E-state index contributed by atoms with van der Waals surface area (Å²) in [4.78, 5) is 12.8. The van der Waals surface area contributed by atoms with Crippen molar-refractivity contribution in [3.8, 4) is 6.07 Å². The van der Waals surface area contributed by atoms with Gasteiger partial charge >= 0.3 is 0 Å². The molecule has 0 heterocycles. The van der Waals surface area contributed by atoms with Gasteiger partial charge in [0.15, 0.2) is 9.84 Å². The molecule has 0 radical (unpaired) electrons. The van der Waals surface area contributed by atoms with Crippen LogP contribution in [0, 0.1) is 17.2 Å². The quantitative estimate of drug-likeness (QED) is 0.637. The summed E-state index contributed by atoms with van der Waals surface area (Å²) in [5.41, 5.74) is 1.21. The lowest BCUT2D eigenvalue weighted by atomic mass is 9.95. The number of halogens is 1. The molecule has 7 heteroatoms. The molecule has 2 aromatic rings. The number of nitriles is 1. The number of sulfone groups is 1. The Bertz CT molecular complexity index is 964. The van der Waals surface area contributed by atoms with Crippen molar-refractivity contribution in [3.63, 3.8) is 0 Å². The molecule has 0 fully saturated rings. The number of nitrogens with zero attached hydrogens (tertiary/aromatic N) is 1. The number of carbonyl (C=O) groups excluding carboxylic acids is 1. The molecule has 1 unspecified atom stereocenters. The van der Waals surface area contributed by atoms with Crippen molar-refractivity contribution in [2.75, 3.05) is 5.75 Å². The molecule has 0 saturated heterocycles. The van der Waals surface area contributed by atoms with Gasteiger partial charge in [-0.3, -0.25) is 4.79 Å². The minimum atomic E-state index is -3.46. The molecule has 1 N–H and O–H groups in total. The second kappa shape index (κ2) is 9.72. The number of amides is 1. The van der Waals surface area contributed by atoms with E-state index in [1.165, 1.54) is 24.3 Å². The normalized spacial score (nSPS) is 12.4. The van der Waals surface area contributed by atoms with E-state index in [-0.39, 0.29) is 41.4 Å². The van der Waals surface area contributed by atoms with Crippen LogP contribution in [0.2, 0.25) is 5.02 Å². The zero-order chi connectivity index (χ0) is 20.7. The first kappa shape index (κ1) is 21.9. The molecule has 148 valence electrons. The summed E-state index contributed by atoms with van der Waals surface area (Å²) in [6.07, 6.45) is 0.479. The molecule has 2 aromatic carbocycles. The lowest BCUT2D eigenvalue weighted by Gasteiger charge is -2.24. The van der Waals surface area contributed by atoms with Gasteiger partial charge in [0, 0.05) is 17.0 Å². The summed E-state index contributed by atoms with van der Waals surface area (Å²) in [6, 6.07) is 14.9. The topological polar surface area (TPSA) is 87.0 Å². The average molecular weight is 419 g/mol. The Hall–Kier alpha value is -2.36. The van der Waals surface area contributed by atoms with Crippen LogP contribution in [0.5, 0.6) is 0 Å². The van der Waals surface area contributed by atoms with E-state index in [1.807, 2.05) is 38.1 Å². The molecule has 1 amide bonds. The zero-order valence-corrected chi connectivity index (χ0v) is 17.4. The molecular formula is C21H23ClN2O3S. The van der Waals surface area contributed by atoms with E-state index >= 15 is 0 Å². The number of hydrogen-bond acceptors (Lipinski definition) is 4. The van der Waals surface area contributed by atoms with Gasteiger partial charge in [-0.25, -0.2) is 8.42 Å². The van der Waals surface area contributed by atoms with E-state index in [1.54, 1.807) is 6.07 Å². The Kier molecular flexibility index (Phi) is 7.61.